The second-order valence-corrected chi connectivity index (χ2v) is 6.14. The molecule has 1 heterocycles. The van der Waals surface area contributed by atoms with Crippen molar-refractivity contribution in [2.24, 2.45) is 0 Å². The van der Waals surface area contributed by atoms with Crippen LogP contribution in [0.15, 0.2) is 52.9 Å². The lowest BCUT2D eigenvalue weighted by Crippen LogP contribution is -2.31. The smallest absolute Gasteiger partial charge is 0.226 e. The van der Waals surface area contributed by atoms with Crippen LogP contribution in [-0.4, -0.2) is 30.3 Å². The molecule has 2 aromatic carbocycles. The topological polar surface area (TPSA) is 81.4 Å². The molecule has 144 valence electrons. The number of rotatable bonds is 7. The van der Waals surface area contributed by atoms with Crippen LogP contribution in [0.25, 0.3) is 11.5 Å². The molecule has 0 fully saturated rings. The highest BCUT2D eigenvalue weighted by atomic mass is 19.1. The molecule has 0 radical (unpaired) electrons. The zero-order chi connectivity index (χ0) is 20.1. The molecule has 6 nitrogen and oxygen atoms in total. The van der Waals surface area contributed by atoms with Gasteiger partial charge in [0.1, 0.15) is 17.3 Å². The Morgan fingerprint density at radius 2 is 1.93 bits per heavy atom. The van der Waals surface area contributed by atoms with E-state index in [0.29, 0.717) is 28.7 Å². The van der Waals surface area contributed by atoms with Gasteiger partial charge in [0.15, 0.2) is 5.78 Å². The maximum absolute atomic E-state index is 12.9. The fourth-order valence-corrected chi connectivity index (χ4v) is 2.60. The zero-order valence-corrected chi connectivity index (χ0v) is 15.5. The van der Waals surface area contributed by atoms with Crippen molar-refractivity contribution in [1.29, 1.82) is 0 Å². The van der Waals surface area contributed by atoms with E-state index < -0.39 is 5.82 Å². The van der Waals surface area contributed by atoms with Gasteiger partial charge in [-0.3, -0.25) is 9.59 Å². The maximum atomic E-state index is 12.9. The molecule has 0 aliphatic rings. The van der Waals surface area contributed by atoms with Crippen LogP contribution < -0.4 is 10.1 Å². The van der Waals surface area contributed by atoms with Crippen molar-refractivity contribution >= 4 is 11.7 Å². The van der Waals surface area contributed by atoms with Crippen LogP contribution in [-0.2, 0) is 11.2 Å². The summed E-state index contributed by atoms with van der Waals surface area (Å²) < 4.78 is 23.8. The number of ketones is 1. The van der Waals surface area contributed by atoms with Crippen molar-refractivity contribution in [1.82, 2.24) is 10.3 Å². The van der Waals surface area contributed by atoms with Gasteiger partial charge in [0, 0.05) is 11.1 Å². The van der Waals surface area contributed by atoms with E-state index in [9.17, 15) is 14.0 Å². The molecule has 0 unspecified atom stereocenters. The second kappa shape index (κ2) is 8.47. The van der Waals surface area contributed by atoms with Crippen molar-refractivity contribution in [3.63, 3.8) is 0 Å². The number of carbonyl (C=O) groups is 2. The third kappa shape index (κ3) is 4.62. The lowest BCUT2D eigenvalue weighted by molar-refractivity contribution is -0.120. The molecule has 0 bridgehead atoms. The number of Topliss-reactive ketones (excluding diaryl/α,β-unsaturated/α-hetero) is 1. The summed E-state index contributed by atoms with van der Waals surface area (Å²) in [6.07, 6.45) is -0.0179. The first-order valence-electron chi connectivity index (χ1n) is 8.62. The summed E-state index contributed by atoms with van der Waals surface area (Å²) in [5.41, 5.74) is 1.56. The fraction of sp³-hybridized carbons (Fsp3) is 0.190. The molecule has 0 spiro atoms. The van der Waals surface area contributed by atoms with Gasteiger partial charge in [0.2, 0.25) is 11.8 Å². The number of nitrogens with one attached hydrogen (secondary N) is 1. The normalized spacial score (nSPS) is 10.5. The Kier molecular flexibility index (Phi) is 5.84. The quantitative estimate of drug-likeness (QED) is 0.634. The summed E-state index contributed by atoms with van der Waals surface area (Å²) >= 11 is 0. The SMILES string of the molecule is COc1cccc(-c2nc(CC(=O)NCC(=O)c3ccc(F)cc3)c(C)o2)c1. The molecular weight excluding hydrogens is 363 g/mol. The number of aromatic nitrogens is 1. The Balaban J connectivity index is 1.62. The van der Waals surface area contributed by atoms with E-state index in [1.54, 1.807) is 20.1 Å². The molecule has 1 aromatic heterocycles. The molecule has 3 rings (SSSR count). The number of benzene rings is 2. The van der Waals surface area contributed by atoms with Crippen LogP contribution in [0.3, 0.4) is 0 Å². The summed E-state index contributed by atoms with van der Waals surface area (Å²) in [5, 5.41) is 2.55. The van der Waals surface area contributed by atoms with Crippen molar-refractivity contribution in [3.8, 4) is 17.2 Å². The summed E-state index contributed by atoms with van der Waals surface area (Å²) in [7, 11) is 1.57. The van der Waals surface area contributed by atoms with E-state index in [2.05, 4.69) is 10.3 Å². The predicted molar refractivity (Wildman–Crippen MR) is 101 cm³/mol. The monoisotopic (exact) mass is 382 g/mol. The Morgan fingerprint density at radius 3 is 2.64 bits per heavy atom. The first-order chi connectivity index (χ1) is 13.5. The number of ether oxygens (including phenoxy) is 1. The molecule has 1 N–H and O–H groups in total. The third-order valence-corrected chi connectivity index (χ3v) is 4.15. The van der Waals surface area contributed by atoms with Gasteiger partial charge in [0.25, 0.3) is 0 Å². The highest BCUT2D eigenvalue weighted by Gasteiger charge is 2.16. The Labute approximate surface area is 161 Å². The zero-order valence-electron chi connectivity index (χ0n) is 15.5. The molecule has 0 atom stereocenters. The average Bonchev–Trinajstić information content (AvgIpc) is 3.07. The van der Waals surface area contributed by atoms with E-state index in [4.69, 9.17) is 9.15 Å². The number of halogens is 1. The molecule has 0 saturated heterocycles. The van der Waals surface area contributed by atoms with E-state index in [0.717, 1.165) is 5.56 Å². The number of hydrogen-bond acceptors (Lipinski definition) is 5. The largest absolute Gasteiger partial charge is 0.497 e. The lowest BCUT2D eigenvalue weighted by Gasteiger charge is -2.04. The standard InChI is InChI=1S/C21H19FN2O4/c1-13-18(24-21(28-13)15-4-3-5-17(10-15)27-2)11-20(26)23-12-19(25)14-6-8-16(22)9-7-14/h3-10H,11-12H2,1-2H3,(H,23,26). The summed E-state index contributed by atoms with van der Waals surface area (Å²) in [4.78, 5) is 28.6. The number of oxazole rings is 1. The van der Waals surface area contributed by atoms with Gasteiger partial charge in [-0.15, -0.1) is 0 Å². The van der Waals surface area contributed by atoms with Crippen LogP contribution in [0.1, 0.15) is 21.8 Å². The number of hydrogen-bond donors (Lipinski definition) is 1. The molecule has 3 aromatic rings. The van der Waals surface area contributed by atoms with Crippen molar-refractivity contribution in [2.75, 3.05) is 13.7 Å². The number of carbonyl (C=O) groups excluding carboxylic acids is 2. The van der Waals surface area contributed by atoms with E-state index in [1.165, 1.54) is 24.3 Å². The highest BCUT2D eigenvalue weighted by Crippen LogP contribution is 2.25. The van der Waals surface area contributed by atoms with Gasteiger partial charge in [-0.2, -0.15) is 0 Å². The maximum Gasteiger partial charge on any atom is 0.226 e. The minimum absolute atomic E-state index is 0.0179. The van der Waals surface area contributed by atoms with Crippen LogP contribution in [0, 0.1) is 12.7 Å². The van der Waals surface area contributed by atoms with Gasteiger partial charge in [0.05, 0.1) is 25.8 Å². The second-order valence-electron chi connectivity index (χ2n) is 6.14. The predicted octanol–water partition coefficient (Wildman–Crippen LogP) is 3.34. The molecule has 0 aliphatic heterocycles. The average molecular weight is 382 g/mol. The van der Waals surface area contributed by atoms with Gasteiger partial charge in [-0.25, -0.2) is 9.37 Å². The summed E-state index contributed by atoms with van der Waals surface area (Å²) in [6, 6.07) is 12.4. The molecule has 28 heavy (non-hydrogen) atoms. The van der Waals surface area contributed by atoms with E-state index >= 15 is 0 Å². The fourth-order valence-electron chi connectivity index (χ4n) is 2.60. The van der Waals surface area contributed by atoms with Crippen molar-refractivity contribution in [2.45, 2.75) is 13.3 Å². The molecule has 1 amide bonds. The molecule has 0 aliphatic carbocycles. The summed E-state index contributed by atoms with van der Waals surface area (Å²) in [6.45, 7) is 1.55. The summed E-state index contributed by atoms with van der Waals surface area (Å²) in [5.74, 6) is 0.506. The Bertz CT molecular complexity index is 996. The lowest BCUT2D eigenvalue weighted by atomic mass is 10.1. The Morgan fingerprint density at radius 1 is 1.18 bits per heavy atom. The number of methoxy groups -OCH3 is 1. The highest BCUT2D eigenvalue weighted by molar-refractivity contribution is 5.99. The molecule has 7 heteroatoms. The van der Waals surface area contributed by atoms with Crippen LogP contribution in [0.2, 0.25) is 0 Å². The molecular formula is C21H19FN2O4. The number of aryl methyl sites for hydroxylation is 1. The van der Waals surface area contributed by atoms with Gasteiger partial charge in [-0.1, -0.05) is 6.07 Å². The van der Waals surface area contributed by atoms with Crippen LogP contribution in [0.4, 0.5) is 4.39 Å². The number of nitrogens with zero attached hydrogens (tertiary/aromatic N) is 1. The third-order valence-electron chi connectivity index (χ3n) is 4.15. The van der Waals surface area contributed by atoms with Gasteiger partial charge in [-0.05, 0) is 49.4 Å². The van der Waals surface area contributed by atoms with E-state index in [1.807, 2.05) is 18.2 Å². The van der Waals surface area contributed by atoms with E-state index in [-0.39, 0.29) is 24.7 Å². The minimum atomic E-state index is -0.422. The first-order valence-corrected chi connectivity index (χ1v) is 8.62. The van der Waals surface area contributed by atoms with Gasteiger partial charge < -0.3 is 14.5 Å². The van der Waals surface area contributed by atoms with Crippen molar-refractivity contribution < 1.29 is 23.1 Å². The van der Waals surface area contributed by atoms with Crippen molar-refractivity contribution in [3.05, 3.63) is 71.4 Å². The first kappa shape index (κ1) is 19.3. The van der Waals surface area contributed by atoms with Crippen LogP contribution in [0.5, 0.6) is 5.75 Å². The molecule has 0 saturated carbocycles. The van der Waals surface area contributed by atoms with Crippen LogP contribution >= 0.6 is 0 Å². The Hall–Kier alpha value is -3.48. The number of amides is 1. The van der Waals surface area contributed by atoms with Gasteiger partial charge >= 0.3 is 0 Å². The minimum Gasteiger partial charge on any atom is -0.497 e.